The number of hydrogen-bond acceptors (Lipinski definition) is 1. The van der Waals surface area contributed by atoms with Gasteiger partial charge in [-0.05, 0) is 60.9 Å². The van der Waals surface area contributed by atoms with Gasteiger partial charge in [0.05, 0.1) is 11.3 Å². The molecule has 0 aromatic heterocycles. The first kappa shape index (κ1) is 21.7. The molecule has 29 heavy (non-hydrogen) atoms. The van der Waals surface area contributed by atoms with Gasteiger partial charge in [-0.1, -0.05) is 63.8 Å². The summed E-state index contributed by atoms with van der Waals surface area (Å²) >= 11 is 0. The first-order valence-corrected chi connectivity index (χ1v) is 11.0. The van der Waals surface area contributed by atoms with Crippen LogP contribution in [0.25, 0.3) is 0 Å². The van der Waals surface area contributed by atoms with Crippen molar-refractivity contribution in [3.63, 3.8) is 0 Å². The van der Waals surface area contributed by atoms with Crippen LogP contribution in [0.5, 0.6) is 0 Å². The molecule has 0 amide bonds. The van der Waals surface area contributed by atoms with E-state index in [2.05, 4.69) is 26.0 Å². The van der Waals surface area contributed by atoms with Crippen molar-refractivity contribution < 1.29 is 13.2 Å². The van der Waals surface area contributed by atoms with Gasteiger partial charge < -0.3 is 4.90 Å². The fraction of sp³-hybridized carbons (Fsp3) is 0.520. The summed E-state index contributed by atoms with van der Waals surface area (Å²) in [6, 6.07) is 14.2. The smallest absolute Gasteiger partial charge is 0.341 e. The van der Waals surface area contributed by atoms with E-state index in [1.165, 1.54) is 37.0 Å². The Hall–Kier alpha value is -1.97. The van der Waals surface area contributed by atoms with Crippen LogP contribution >= 0.6 is 0 Å². The van der Waals surface area contributed by atoms with Crippen LogP contribution < -0.4 is 4.90 Å². The van der Waals surface area contributed by atoms with Crippen molar-refractivity contribution in [1.29, 1.82) is 0 Å². The summed E-state index contributed by atoms with van der Waals surface area (Å²) in [6.45, 7) is 4.90. The fourth-order valence-electron chi connectivity index (χ4n) is 4.16. The molecule has 2 aromatic rings. The zero-order chi connectivity index (χ0) is 20.9. The number of para-hydroxylation sites is 1. The van der Waals surface area contributed by atoms with Crippen LogP contribution in [-0.2, 0) is 6.18 Å². The minimum absolute atomic E-state index is 0.265. The molecule has 0 heterocycles. The third-order valence-corrected chi connectivity index (χ3v) is 6.24. The molecule has 3 rings (SSSR count). The Morgan fingerprint density at radius 3 is 2.41 bits per heavy atom. The summed E-state index contributed by atoms with van der Waals surface area (Å²) < 4.78 is 41.4. The summed E-state index contributed by atoms with van der Waals surface area (Å²) in [4.78, 5) is 1.91. The molecule has 1 fully saturated rings. The molecule has 0 N–H and O–H groups in total. The summed E-state index contributed by atoms with van der Waals surface area (Å²) in [7, 11) is 0. The molecule has 1 atom stereocenters. The molecule has 1 unspecified atom stereocenters. The predicted octanol–water partition coefficient (Wildman–Crippen LogP) is 8.33. The van der Waals surface area contributed by atoms with Crippen LogP contribution in [0.1, 0.15) is 75.8 Å². The first-order chi connectivity index (χ1) is 13.9. The second-order valence-corrected chi connectivity index (χ2v) is 8.26. The lowest BCUT2D eigenvalue weighted by molar-refractivity contribution is -0.137. The van der Waals surface area contributed by atoms with Crippen molar-refractivity contribution in [3.8, 4) is 0 Å². The maximum Gasteiger partial charge on any atom is 0.418 e. The zero-order valence-electron chi connectivity index (χ0n) is 17.5. The molecule has 1 aliphatic rings. The molecular formula is C25H32F3N. The molecule has 1 nitrogen and oxygen atoms in total. The normalized spacial score (nSPS) is 15.8. The van der Waals surface area contributed by atoms with Gasteiger partial charge in [-0.3, -0.25) is 0 Å². The van der Waals surface area contributed by atoms with Crippen molar-refractivity contribution in [2.45, 2.75) is 70.9 Å². The maximum atomic E-state index is 13.8. The van der Waals surface area contributed by atoms with Crippen LogP contribution in [0.4, 0.5) is 24.5 Å². The zero-order valence-corrected chi connectivity index (χ0v) is 17.5. The number of unbranched alkanes of at least 4 members (excludes halogenated alkanes) is 1. The molecule has 2 aromatic carbocycles. The second-order valence-electron chi connectivity index (χ2n) is 8.26. The molecule has 0 saturated heterocycles. The lowest BCUT2D eigenvalue weighted by Crippen LogP contribution is -2.27. The van der Waals surface area contributed by atoms with Gasteiger partial charge in [-0.15, -0.1) is 0 Å². The van der Waals surface area contributed by atoms with E-state index in [-0.39, 0.29) is 5.69 Å². The highest BCUT2D eigenvalue weighted by atomic mass is 19.4. The van der Waals surface area contributed by atoms with Gasteiger partial charge in [0.1, 0.15) is 0 Å². The summed E-state index contributed by atoms with van der Waals surface area (Å²) in [5.41, 5.74) is 1.84. The van der Waals surface area contributed by atoms with E-state index in [0.29, 0.717) is 18.4 Å². The molecule has 0 radical (unpaired) electrons. The highest BCUT2D eigenvalue weighted by Crippen LogP contribution is 2.42. The van der Waals surface area contributed by atoms with Crippen molar-refractivity contribution in [2.24, 2.45) is 5.92 Å². The van der Waals surface area contributed by atoms with Crippen molar-refractivity contribution in [2.75, 3.05) is 11.4 Å². The summed E-state index contributed by atoms with van der Waals surface area (Å²) in [6.07, 6.45) is 3.44. The maximum absolute atomic E-state index is 13.8. The van der Waals surface area contributed by atoms with E-state index in [1.54, 1.807) is 12.1 Å². The van der Waals surface area contributed by atoms with Crippen molar-refractivity contribution in [3.05, 3.63) is 59.7 Å². The minimum Gasteiger partial charge on any atom is -0.341 e. The number of rotatable bonds is 9. The number of halogens is 3. The molecule has 0 spiro atoms. The molecule has 158 valence electrons. The van der Waals surface area contributed by atoms with Crippen LogP contribution in [-0.4, -0.2) is 6.54 Å². The highest BCUT2D eigenvalue weighted by molar-refractivity contribution is 5.68. The van der Waals surface area contributed by atoms with E-state index in [4.69, 9.17) is 0 Å². The quantitative estimate of drug-likeness (QED) is 0.407. The fourth-order valence-corrected chi connectivity index (χ4v) is 4.16. The topological polar surface area (TPSA) is 3.24 Å². The Labute approximate surface area is 172 Å². The number of benzene rings is 2. The van der Waals surface area contributed by atoms with E-state index in [0.717, 1.165) is 31.4 Å². The largest absolute Gasteiger partial charge is 0.418 e. The lowest BCUT2D eigenvalue weighted by Gasteiger charge is -2.33. The Morgan fingerprint density at radius 2 is 1.79 bits per heavy atom. The Balaban J connectivity index is 2.01. The average Bonchev–Trinajstić information content (AvgIpc) is 2.66. The summed E-state index contributed by atoms with van der Waals surface area (Å²) in [5, 5.41) is 0. The predicted molar refractivity (Wildman–Crippen MR) is 115 cm³/mol. The average molecular weight is 404 g/mol. The van der Waals surface area contributed by atoms with E-state index < -0.39 is 11.7 Å². The highest BCUT2D eigenvalue weighted by Gasteiger charge is 2.35. The van der Waals surface area contributed by atoms with E-state index >= 15 is 0 Å². The number of nitrogens with zero attached hydrogens (tertiary/aromatic N) is 1. The van der Waals surface area contributed by atoms with Gasteiger partial charge in [0.2, 0.25) is 0 Å². The van der Waals surface area contributed by atoms with Crippen LogP contribution in [0.3, 0.4) is 0 Å². The second kappa shape index (κ2) is 9.69. The Morgan fingerprint density at radius 1 is 1.03 bits per heavy atom. The van der Waals surface area contributed by atoms with Gasteiger partial charge in [0, 0.05) is 12.2 Å². The molecular weight excluding hydrogens is 371 g/mol. The monoisotopic (exact) mass is 403 g/mol. The molecule has 0 aliphatic heterocycles. The number of anilines is 2. The van der Waals surface area contributed by atoms with Gasteiger partial charge >= 0.3 is 6.18 Å². The minimum atomic E-state index is -4.37. The third kappa shape index (κ3) is 5.34. The molecule has 0 bridgehead atoms. The summed E-state index contributed by atoms with van der Waals surface area (Å²) in [5.74, 6) is 0.917. The van der Waals surface area contributed by atoms with Gasteiger partial charge in [-0.25, -0.2) is 0 Å². The van der Waals surface area contributed by atoms with E-state index in [1.807, 2.05) is 17.0 Å². The number of alkyl halides is 3. The van der Waals surface area contributed by atoms with Crippen LogP contribution in [0, 0.1) is 5.92 Å². The van der Waals surface area contributed by atoms with Crippen molar-refractivity contribution >= 4 is 11.4 Å². The lowest BCUT2D eigenvalue weighted by atomic mass is 9.80. The SMILES string of the molecule is CCCCC(CC)CN(c1cccc(C2CCC2)c1)c1ccccc1C(F)(F)F. The van der Waals surface area contributed by atoms with E-state index in [9.17, 15) is 13.2 Å². The number of hydrogen-bond donors (Lipinski definition) is 0. The van der Waals surface area contributed by atoms with Crippen molar-refractivity contribution in [1.82, 2.24) is 0 Å². The van der Waals surface area contributed by atoms with Gasteiger partial charge in [-0.2, -0.15) is 13.2 Å². The molecule has 1 aliphatic carbocycles. The Kier molecular flexibility index (Phi) is 7.26. The van der Waals surface area contributed by atoms with Gasteiger partial charge in [0.15, 0.2) is 0 Å². The van der Waals surface area contributed by atoms with Crippen LogP contribution in [0.2, 0.25) is 0 Å². The Bertz CT molecular complexity index is 780. The third-order valence-electron chi connectivity index (χ3n) is 6.24. The molecule has 1 saturated carbocycles. The van der Waals surface area contributed by atoms with Crippen LogP contribution in [0.15, 0.2) is 48.5 Å². The first-order valence-electron chi connectivity index (χ1n) is 11.0. The standard InChI is InChI=1S/C25H32F3N/c1-3-5-10-19(4-2)18-29(24-16-7-6-15-23(24)25(26,27)28)22-14-9-13-21(17-22)20-11-8-12-20/h6-7,9,13-17,19-20H,3-5,8,10-12,18H2,1-2H3. The van der Waals surface area contributed by atoms with Gasteiger partial charge in [0.25, 0.3) is 0 Å². The molecule has 4 heteroatoms.